The van der Waals surface area contributed by atoms with Crippen molar-refractivity contribution in [3.8, 4) is 0 Å². The molecule has 2 aromatic carbocycles. The summed E-state index contributed by atoms with van der Waals surface area (Å²) in [6.07, 6.45) is 4.49. The first-order chi connectivity index (χ1) is 16.6. The Bertz CT molecular complexity index is 1380. The molecule has 1 saturated heterocycles. The Morgan fingerprint density at radius 1 is 1.17 bits per heavy atom. The summed E-state index contributed by atoms with van der Waals surface area (Å²) in [6.45, 7) is 5.86. The third kappa shape index (κ3) is 5.52. The molecule has 0 unspecified atom stereocenters. The van der Waals surface area contributed by atoms with Gasteiger partial charge in [0.25, 0.3) is 0 Å². The molecule has 0 bridgehead atoms. The highest BCUT2D eigenvalue weighted by molar-refractivity contribution is 7.89. The van der Waals surface area contributed by atoms with Gasteiger partial charge in [-0.2, -0.15) is 4.31 Å². The van der Waals surface area contributed by atoms with E-state index in [4.69, 9.17) is 4.52 Å². The van der Waals surface area contributed by atoms with Crippen molar-refractivity contribution in [1.29, 1.82) is 0 Å². The smallest absolute Gasteiger partial charge is 0.248 e. The van der Waals surface area contributed by atoms with Crippen LogP contribution in [0.3, 0.4) is 0 Å². The molecule has 7 nitrogen and oxygen atoms in total. The van der Waals surface area contributed by atoms with E-state index < -0.39 is 21.8 Å². The third-order valence-corrected chi connectivity index (χ3v) is 8.15. The molecule has 4 rings (SSSR count). The maximum atomic E-state index is 13.6. The molecule has 0 spiro atoms. The number of nitrogens with one attached hydrogen (secondary N) is 1. The molecule has 0 aliphatic carbocycles. The number of piperidine rings is 1. The summed E-state index contributed by atoms with van der Waals surface area (Å²) < 4.78 is 47.4. The van der Waals surface area contributed by atoms with Gasteiger partial charge in [-0.1, -0.05) is 41.1 Å². The van der Waals surface area contributed by atoms with Gasteiger partial charge in [0.05, 0.1) is 5.92 Å². The van der Waals surface area contributed by atoms with Crippen LogP contribution in [0, 0.1) is 32.5 Å². The molecule has 0 radical (unpaired) electrons. The molecule has 35 heavy (non-hydrogen) atoms. The maximum Gasteiger partial charge on any atom is 0.248 e. The number of hydrogen-bond acceptors (Lipinski definition) is 5. The van der Waals surface area contributed by atoms with E-state index in [9.17, 15) is 17.6 Å². The van der Waals surface area contributed by atoms with E-state index in [-0.39, 0.29) is 35.3 Å². The number of aromatic nitrogens is 1. The zero-order valence-corrected chi connectivity index (χ0v) is 20.7. The Morgan fingerprint density at radius 2 is 1.97 bits per heavy atom. The number of carbonyl (C=O) groups is 1. The summed E-state index contributed by atoms with van der Waals surface area (Å²) in [4.78, 5) is 12.8. The summed E-state index contributed by atoms with van der Waals surface area (Å²) in [6, 6.07) is 11.6. The fourth-order valence-electron chi connectivity index (χ4n) is 4.22. The molecular weight excluding hydrogens is 469 g/mol. The third-order valence-electron chi connectivity index (χ3n) is 6.13. The second-order valence-corrected chi connectivity index (χ2v) is 10.7. The lowest BCUT2D eigenvalue weighted by atomic mass is 9.99. The van der Waals surface area contributed by atoms with Crippen molar-refractivity contribution in [2.45, 2.75) is 38.5 Å². The number of carbonyl (C=O) groups excluding carboxylic acids is 1. The highest BCUT2D eigenvalue weighted by Crippen LogP contribution is 2.30. The monoisotopic (exact) mass is 497 g/mol. The molecule has 1 aromatic heterocycles. The fraction of sp³-hybridized carbons (Fsp3) is 0.308. The molecule has 1 aliphatic heterocycles. The highest BCUT2D eigenvalue weighted by atomic mass is 32.2. The van der Waals surface area contributed by atoms with Crippen LogP contribution >= 0.6 is 0 Å². The van der Waals surface area contributed by atoms with Gasteiger partial charge in [0.1, 0.15) is 11.5 Å². The molecule has 184 valence electrons. The first-order valence-corrected chi connectivity index (χ1v) is 12.9. The number of aryl methyl sites for hydroxylation is 3. The average molecular weight is 498 g/mol. The number of amides is 1. The summed E-state index contributed by atoms with van der Waals surface area (Å²) in [5.41, 5.74) is 3.69. The number of sulfonamides is 1. The van der Waals surface area contributed by atoms with Gasteiger partial charge in [-0.05, 0) is 69.0 Å². The Labute approximate surface area is 204 Å². The largest absolute Gasteiger partial charge is 0.355 e. The average Bonchev–Trinajstić information content (AvgIpc) is 3.21. The summed E-state index contributed by atoms with van der Waals surface area (Å²) in [5.74, 6) is -1.21. The van der Waals surface area contributed by atoms with Crippen molar-refractivity contribution in [2.24, 2.45) is 5.92 Å². The van der Waals surface area contributed by atoms with E-state index in [0.717, 1.165) is 16.7 Å². The molecular formula is C26H28FN3O4S. The minimum atomic E-state index is -3.96. The van der Waals surface area contributed by atoms with Crippen molar-refractivity contribution in [3.63, 3.8) is 0 Å². The molecule has 1 amide bonds. The van der Waals surface area contributed by atoms with Crippen LogP contribution in [0.15, 0.2) is 51.9 Å². The van der Waals surface area contributed by atoms with Crippen LogP contribution < -0.4 is 5.32 Å². The van der Waals surface area contributed by atoms with Gasteiger partial charge in [-0.3, -0.25) is 4.79 Å². The zero-order valence-electron chi connectivity index (χ0n) is 19.9. The van der Waals surface area contributed by atoms with Crippen molar-refractivity contribution >= 4 is 33.8 Å². The van der Waals surface area contributed by atoms with Gasteiger partial charge >= 0.3 is 0 Å². The van der Waals surface area contributed by atoms with E-state index in [1.54, 1.807) is 19.1 Å². The predicted molar refractivity (Wildman–Crippen MR) is 133 cm³/mol. The molecule has 3 aromatic rings. The van der Waals surface area contributed by atoms with E-state index in [0.29, 0.717) is 18.5 Å². The van der Waals surface area contributed by atoms with E-state index >= 15 is 0 Å². The van der Waals surface area contributed by atoms with Crippen LogP contribution in [-0.4, -0.2) is 36.9 Å². The number of halogens is 1. The Balaban J connectivity index is 1.55. The first kappa shape index (κ1) is 24.8. The summed E-state index contributed by atoms with van der Waals surface area (Å²) in [5, 5.41) is 6.59. The molecule has 1 N–H and O–H groups in total. The number of anilines is 1. The van der Waals surface area contributed by atoms with E-state index in [1.165, 1.54) is 22.5 Å². The van der Waals surface area contributed by atoms with Crippen molar-refractivity contribution in [2.75, 3.05) is 18.4 Å². The van der Waals surface area contributed by atoms with Gasteiger partial charge in [0, 0.05) is 18.8 Å². The topological polar surface area (TPSA) is 92.5 Å². The fourth-order valence-corrected chi connectivity index (χ4v) is 5.99. The molecule has 1 fully saturated rings. The minimum Gasteiger partial charge on any atom is -0.355 e. The van der Waals surface area contributed by atoms with Crippen LogP contribution in [-0.2, 0) is 14.8 Å². The lowest BCUT2D eigenvalue weighted by Gasteiger charge is -2.31. The normalized spacial score (nSPS) is 17.1. The first-order valence-electron chi connectivity index (χ1n) is 11.4. The Kier molecular flexibility index (Phi) is 7.18. The second kappa shape index (κ2) is 10.1. The highest BCUT2D eigenvalue weighted by Gasteiger charge is 2.37. The molecule has 0 saturated carbocycles. The Morgan fingerprint density at radius 3 is 2.74 bits per heavy atom. The summed E-state index contributed by atoms with van der Waals surface area (Å²) >= 11 is 0. The van der Waals surface area contributed by atoms with Crippen LogP contribution in [0.1, 0.15) is 41.0 Å². The quantitative estimate of drug-likeness (QED) is 0.520. The van der Waals surface area contributed by atoms with Gasteiger partial charge in [-0.25, -0.2) is 12.8 Å². The molecule has 9 heteroatoms. The van der Waals surface area contributed by atoms with Gasteiger partial charge in [0.15, 0.2) is 10.7 Å². The Hall–Kier alpha value is -3.30. The van der Waals surface area contributed by atoms with Crippen molar-refractivity contribution in [3.05, 3.63) is 76.4 Å². The van der Waals surface area contributed by atoms with Crippen LogP contribution in [0.4, 0.5) is 10.1 Å². The van der Waals surface area contributed by atoms with Crippen LogP contribution in [0.25, 0.3) is 12.2 Å². The van der Waals surface area contributed by atoms with Crippen molar-refractivity contribution in [1.82, 2.24) is 9.46 Å². The molecule has 1 aliphatic rings. The van der Waals surface area contributed by atoms with Crippen molar-refractivity contribution < 1.29 is 22.1 Å². The number of hydrogen-bond donors (Lipinski definition) is 1. The van der Waals surface area contributed by atoms with Gasteiger partial charge in [-0.15, -0.1) is 0 Å². The zero-order chi connectivity index (χ0) is 25.2. The van der Waals surface area contributed by atoms with Crippen LogP contribution in [0.5, 0.6) is 0 Å². The predicted octanol–water partition coefficient (Wildman–Crippen LogP) is 4.95. The van der Waals surface area contributed by atoms with E-state index in [2.05, 4.69) is 10.5 Å². The standard InChI is InChI=1S/C26H28FN3O4S/c1-17-9-10-18(2)20(14-17)11-12-24-25(19(3)29-34-24)35(32,33)30-13-5-6-21(16-30)26(31)28-23-8-4-7-22(27)15-23/h4,7-12,14-15,21H,5-6,13,16H2,1-3H3,(H,28,31)/b12-11+/t21-/m0/s1. The summed E-state index contributed by atoms with van der Waals surface area (Å²) in [7, 11) is -3.96. The number of benzene rings is 2. The lowest BCUT2D eigenvalue weighted by Crippen LogP contribution is -2.43. The second-order valence-electron chi connectivity index (χ2n) is 8.86. The maximum absolute atomic E-state index is 13.6. The minimum absolute atomic E-state index is 0.00486. The van der Waals surface area contributed by atoms with Gasteiger partial charge < -0.3 is 9.84 Å². The van der Waals surface area contributed by atoms with Gasteiger partial charge in [0.2, 0.25) is 15.9 Å². The number of rotatable bonds is 6. The molecule has 2 heterocycles. The van der Waals surface area contributed by atoms with E-state index in [1.807, 2.05) is 38.1 Å². The number of nitrogens with zero attached hydrogens (tertiary/aromatic N) is 2. The SMILES string of the molecule is Cc1ccc(C)c(/C=C/c2onc(C)c2S(=O)(=O)N2CCC[C@H](C(=O)Nc3cccc(F)c3)C2)c1. The lowest BCUT2D eigenvalue weighted by molar-refractivity contribution is -0.120. The molecule has 1 atom stereocenters. The van der Waals surface area contributed by atoms with Crippen LogP contribution in [0.2, 0.25) is 0 Å².